The number of amides is 2. The average Bonchev–Trinajstić information content (AvgIpc) is 2.65. The highest BCUT2D eigenvalue weighted by Crippen LogP contribution is 2.31. The van der Waals surface area contributed by atoms with Crippen LogP contribution in [0.2, 0.25) is 0 Å². The maximum Gasteiger partial charge on any atom is 0.229 e. The van der Waals surface area contributed by atoms with Crippen LogP contribution < -0.4 is 15.4 Å². The predicted molar refractivity (Wildman–Crippen MR) is 107 cm³/mol. The summed E-state index contributed by atoms with van der Waals surface area (Å²) in [7, 11) is 0. The molecule has 0 bridgehead atoms. The monoisotopic (exact) mass is 372 g/mol. The van der Waals surface area contributed by atoms with Crippen LogP contribution in [0.3, 0.4) is 0 Å². The molecule has 1 heterocycles. The zero-order chi connectivity index (χ0) is 19.4. The van der Waals surface area contributed by atoms with Crippen LogP contribution in [0, 0.1) is 17.3 Å². The predicted octanol–water partition coefficient (Wildman–Crippen LogP) is 3.92. The summed E-state index contributed by atoms with van der Waals surface area (Å²) >= 11 is 0. The Hall–Kier alpha value is -2.04. The fraction of sp³-hybridized carbons (Fsp3) is 0.636. The SMILES string of the molecule is CC(C)(C)C(=O)Nc1ccc2c(c1)CC(C(=O)NCC1CCCCC1)CO2. The van der Waals surface area contributed by atoms with Gasteiger partial charge in [-0.3, -0.25) is 9.59 Å². The first-order valence-electron chi connectivity index (χ1n) is 10.2. The second-order valence-electron chi connectivity index (χ2n) is 8.99. The molecule has 2 aliphatic rings. The Balaban J connectivity index is 1.58. The second-order valence-corrected chi connectivity index (χ2v) is 8.99. The van der Waals surface area contributed by atoms with Crippen LogP contribution in [0.5, 0.6) is 5.75 Å². The van der Waals surface area contributed by atoms with Gasteiger partial charge in [-0.1, -0.05) is 40.0 Å². The van der Waals surface area contributed by atoms with Crippen molar-refractivity contribution in [1.82, 2.24) is 5.32 Å². The smallest absolute Gasteiger partial charge is 0.229 e. The molecule has 1 saturated carbocycles. The van der Waals surface area contributed by atoms with Crippen molar-refractivity contribution >= 4 is 17.5 Å². The minimum atomic E-state index is -0.450. The van der Waals surface area contributed by atoms with Gasteiger partial charge in [0.15, 0.2) is 0 Å². The van der Waals surface area contributed by atoms with Crippen LogP contribution in [0.4, 0.5) is 5.69 Å². The Labute approximate surface area is 162 Å². The highest BCUT2D eigenvalue weighted by atomic mass is 16.5. The number of carbonyl (C=O) groups is 2. The lowest BCUT2D eigenvalue weighted by Crippen LogP contribution is -2.39. The fourth-order valence-electron chi connectivity index (χ4n) is 3.74. The van der Waals surface area contributed by atoms with E-state index in [9.17, 15) is 9.59 Å². The molecular weight excluding hydrogens is 340 g/mol. The molecule has 5 nitrogen and oxygen atoms in total. The van der Waals surface area contributed by atoms with Gasteiger partial charge in [0.05, 0.1) is 5.92 Å². The van der Waals surface area contributed by atoms with Crippen LogP contribution in [-0.4, -0.2) is 25.0 Å². The van der Waals surface area contributed by atoms with E-state index in [1.54, 1.807) is 0 Å². The Bertz CT molecular complexity index is 687. The zero-order valence-electron chi connectivity index (χ0n) is 16.8. The molecule has 2 N–H and O–H groups in total. The normalized spacial score (nSPS) is 20.3. The highest BCUT2D eigenvalue weighted by Gasteiger charge is 2.27. The van der Waals surface area contributed by atoms with E-state index in [0.717, 1.165) is 23.5 Å². The summed E-state index contributed by atoms with van der Waals surface area (Å²) in [6, 6.07) is 5.66. The molecular formula is C22H32N2O3. The van der Waals surface area contributed by atoms with Gasteiger partial charge in [0.1, 0.15) is 12.4 Å². The molecule has 148 valence electrons. The lowest BCUT2D eigenvalue weighted by Gasteiger charge is -2.27. The molecule has 5 heteroatoms. The fourth-order valence-corrected chi connectivity index (χ4v) is 3.74. The topological polar surface area (TPSA) is 67.4 Å². The lowest BCUT2D eigenvalue weighted by atomic mass is 9.89. The minimum absolute atomic E-state index is 0.0269. The van der Waals surface area contributed by atoms with E-state index in [1.807, 2.05) is 39.0 Å². The van der Waals surface area contributed by atoms with E-state index in [2.05, 4.69) is 10.6 Å². The van der Waals surface area contributed by atoms with Gasteiger partial charge in [-0.25, -0.2) is 0 Å². The first kappa shape index (κ1) is 19.7. The van der Waals surface area contributed by atoms with Crippen molar-refractivity contribution < 1.29 is 14.3 Å². The zero-order valence-corrected chi connectivity index (χ0v) is 16.8. The first-order chi connectivity index (χ1) is 12.8. The molecule has 0 radical (unpaired) electrons. The summed E-state index contributed by atoms with van der Waals surface area (Å²) < 4.78 is 5.80. The summed E-state index contributed by atoms with van der Waals surface area (Å²) in [5.41, 5.74) is 1.28. The van der Waals surface area contributed by atoms with Gasteiger partial charge in [-0.05, 0) is 48.9 Å². The average molecular weight is 373 g/mol. The van der Waals surface area contributed by atoms with Crippen molar-refractivity contribution in [3.63, 3.8) is 0 Å². The second kappa shape index (κ2) is 8.32. The molecule has 1 aromatic carbocycles. The van der Waals surface area contributed by atoms with Crippen LogP contribution in [0.15, 0.2) is 18.2 Å². The molecule has 27 heavy (non-hydrogen) atoms. The van der Waals surface area contributed by atoms with Crippen LogP contribution in [-0.2, 0) is 16.0 Å². The summed E-state index contributed by atoms with van der Waals surface area (Å²) in [6.07, 6.45) is 6.98. The molecule has 1 aliphatic heterocycles. The Morgan fingerprint density at radius 3 is 2.59 bits per heavy atom. The van der Waals surface area contributed by atoms with Crippen LogP contribution in [0.1, 0.15) is 58.4 Å². The van der Waals surface area contributed by atoms with Gasteiger partial charge >= 0.3 is 0 Å². The molecule has 1 atom stereocenters. The maximum absolute atomic E-state index is 12.6. The summed E-state index contributed by atoms with van der Waals surface area (Å²) in [4.78, 5) is 24.8. The van der Waals surface area contributed by atoms with Crippen molar-refractivity contribution in [2.24, 2.45) is 17.3 Å². The Morgan fingerprint density at radius 1 is 1.15 bits per heavy atom. The van der Waals surface area contributed by atoms with Crippen LogP contribution >= 0.6 is 0 Å². The molecule has 0 saturated heterocycles. The van der Waals surface area contributed by atoms with Gasteiger partial charge in [0, 0.05) is 17.6 Å². The summed E-state index contributed by atoms with van der Waals surface area (Å²) in [5, 5.41) is 6.08. The van der Waals surface area contributed by atoms with E-state index in [1.165, 1.54) is 32.1 Å². The largest absolute Gasteiger partial charge is 0.492 e. The number of fused-ring (bicyclic) bond motifs is 1. The van der Waals surface area contributed by atoms with Gasteiger partial charge in [0.2, 0.25) is 11.8 Å². The first-order valence-corrected chi connectivity index (χ1v) is 10.2. The number of anilines is 1. The third-order valence-electron chi connectivity index (χ3n) is 5.57. The van der Waals surface area contributed by atoms with Gasteiger partial charge in [-0.2, -0.15) is 0 Å². The van der Waals surface area contributed by atoms with Gasteiger partial charge in [-0.15, -0.1) is 0 Å². The van der Waals surface area contributed by atoms with Gasteiger partial charge in [0.25, 0.3) is 0 Å². The van der Waals surface area contributed by atoms with Crippen molar-refractivity contribution in [1.29, 1.82) is 0 Å². The summed E-state index contributed by atoms with van der Waals surface area (Å²) in [6.45, 7) is 6.85. The molecule has 3 rings (SSSR count). The Kier molecular flexibility index (Phi) is 6.08. The van der Waals surface area contributed by atoms with Crippen molar-refractivity contribution in [3.05, 3.63) is 23.8 Å². The number of benzene rings is 1. The molecule has 2 amide bonds. The highest BCUT2D eigenvalue weighted by molar-refractivity contribution is 5.94. The molecule has 1 unspecified atom stereocenters. The molecule has 0 aromatic heterocycles. The number of hydrogen-bond donors (Lipinski definition) is 2. The number of rotatable bonds is 4. The molecule has 0 spiro atoms. The quantitative estimate of drug-likeness (QED) is 0.842. The number of nitrogens with one attached hydrogen (secondary N) is 2. The maximum atomic E-state index is 12.6. The Morgan fingerprint density at radius 2 is 1.89 bits per heavy atom. The third-order valence-corrected chi connectivity index (χ3v) is 5.57. The van der Waals surface area contributed by atoms with Gasteiger partial charge < -0.3 is 15.4 Å². The molecule has 1 aromatic rings. The van der Waals surface area contributed by atoms with Crippen molar-refractivity contribution in [2.45, 2.75) is 59.3 Å². The molecule has 1 aliphatic carbocycles. The van der Waals surface area contributed by atoms with Crippen molar-refractivity contribution in [3.8, 4) is 5.75 Å². The number of ether oxygens (including phenoxy) is 1. The van der Waals surface area contributed by atoms with Crippen molar-refractivity contribution in [2.75, 3.05) is 18.5 Å². The minimum Gasteiger partial charge on any atom is -0.492 e. The summed E-state index contributed by atoms with van der Waals surface area (Å²) in [5.74, 6) is 1.31. The van der Waals surface area contributed by atoms with E-state index in [4.69, 9.17) is 4.74 Å². The number of carbonyl (C=O) groups excluding carboxylic acids is 2. The number of hydrogen-bond acceptors (Lipinski definition) is 3. The lowest BCUT2D eigenvalue weighted by molar-refractivity contribution is -0.126. The van der Waals surface area contributed by atoms with E-state index in [-0.39, 0.29) is 17.7 Å². The van der Waals surface area contributed by atoms with Crippen LogP contribution in [0.25, 0.3) is 0 Å². The molecule has 1 fully saturated rings. The van der Waals surface area contributed by atoms with E-state index in [0.29, 0.717) is 18.9 Å². The third kappa shape index (κ3) is 5.24. The van der Waals surface area contributed by atoms with E-state index >= 15 is 0 Å². The van der Waals surface area contributed by atoms with E-state index < -0.39 is 5.41 Å². The standard InChI is InChI=1S/C22H32N2O3/c1-22(2,3)21(26)24-18-9-10-19-16(12-18)11-17(14-27-19)20(25)23-13-15-7-5-4-6-8-15/h9-10,12,15,17H,4-8,11,13-14H2,1-3H3,(H,23,25)(H,24,26).